The number of benzene rings is 2. The van der Waals surface area contributed by atoms with Crippen LogP contribution in [-0.4, -0.2) is 44.6 Å². The highest BCUT2D eigenvalue weighted by atomic mass is 35.5. The molecule has 2 unspecified atom stereocenters. The summed E-state index contributed by atoms with van der Waals surface area (Å²) in [7, 11) is 0. The summed E-state index contributed by atoms with van der Waals surface area (Å²) in [5, 5.41) is 2.79. The molecule has 4 aromatic rings. The van der Waals surface area contributed by atoms with Gasteiger partial charge >= 0.3 is 11.9 Å². The molecule has 0 bridgehead atoms. The highest BCUT2D eigenvalue weighted by Crippen LogP contribution is 2.50. The maximum atomic E-state index is 13.7. The number of nitrogens with zero attached hydrogens (tertiary/aromatic N) is 3. The van der Waals surface area contributed by atoms with Gasteiger partial charge in [0.1, 0.15) is 0 Å². The molecule has 45 heavy (non-hydrogen) atoms. The number of aromatic nitrogens is 3. The summed E-state index contributed by atoms with van der Waals surface area (Å²) in [4.78, 5) is 35.3. The minimum absolute atomic E-state index is 0.0224. The molecule has 2 aromatic carbocycles. The second-order valence-electron chi connectivity index (χ2n) is 12.9. The second kappa shape index (κ2) is 11.6. The van der Waals surface area contributed by atoms with Crippen LogP contribution in [0.3, 0.4) is 0 Å². The van der Waals surface area contributed by atoms with Crippen molar-refractivity contribution < 1.29 is 18.0 Å². The van der Waals surface area contributed by atoms with E-state index in [9.17, 15) is 22.8 Å². The van der Waals surface area contributed by atoms with Gasteiger partial charge in [0.25, 0.3) is 0 Å². The molecule has 7 rings (SSSR count). The van der Waals surface area contributed by atoms with Gasteiger partial charge in [-0.15, -0.1) is 0 Å². The molecular formula is C35H36ClF3N4O2. The van der Waals surface area contributed by atoms with Crippen LogP contribution in [0.2, 0.25) is 5.02 Å². The predicted octanol–water partition coefficient (Wildman–Crippen LogP) is 8.03. The number of carbonyl (C=O) groups is 1. The molecule has 3 heterocycles. The first-order valence-corrected chi connectivity index (χ1v) is 16.3. The van der Waals surface area contributed by atoms with Gasteiger partial charge in [-0.1, -0.05) is 48.4 Å². The number of H-pyrrole nitrogens is 1. The molecule has 1 saturated heterocycles. The summed E-state index contributed by atoms with van der Waals surface area (Å²) in [6, 6.07) is 11.8. The third-order valence-corrected chi connectivity index (χ3v) is 10.7. The van der Waals surface area contributed by atoms with Crippen LogP contribution in [0.1, 0.15) is 74.6 Å². The minimum Gasteiger partial charge on any atom is -0.343 e. The van der Waals surface area contributed by atoms with Crippen molar-refractivity contribution in [1.29, 1.82) is 0 Å². The lowest BCUT2D eigenvalue weighted by molar-refractivity contribution is -0.145. The van der Waals surface area contributed by atoms with Crippen LogP contribution < -0.4 is 5.69 Å². The topological polar surface area (TPSA) is 71.0 Å². The molecule has 6 nitrogen and oxygen atoms in total. The van der Waals surface area contributed by atoms with Gasteiger partial charge < -0.3 is 4.90 Å². The van der Waals surface area contributed by atoms with Crippen molar-refractivity contribution in [1.82, 2.24) is 19.4 Å². The summed E-state index contributed by atoms with van der Waals surface area (Å²) >= 11 is 6.89. The number of aromatic amines is 1. The number of amides is 1. The van der Waals surface area contributed by atoms with Crippen LogP contribution >= 0.6 is 11.6 Å². The number of allylic oxidation sites excluding steroid dienone is 2. The molecule has 2 aliphatic carbocycles. The maximum absolute atomic E-state index is 13.7. The molecule has 3 aliphatic rings. The number of nitrogens with one attached hydrogen (secondary N) is 1. The Balaban J connectivity index is 1.15. The lowest BCUT2D eigenvalue weighted by atomic mass is 9.67. The van der Waals surface area contributed by atoms with Crippen molar-refractivity contribution in [2.45, 2.75) is 76.9 Å². The third kappa shape index (κ3) is 5.58. The first kappa shape index (κ1) is 30.1. The number of fused-ring (bicyclic) bond motifs is 5. The van der Waals surface area contributed by atoms with Gasteiger partial charge in [0.15, 0.2) is 5.65 Å². The Hall–Kier alpha value is -3.59. The quantitative estimate of drug-likeness (QED) is 0.241. The normalized spacial score (nSPS) is 21.0. The molecule has 1 fully saturated rings. The number of aryl methyl sites for hydroxylation is 2. The zero-order valence-electron chi connectivity index (χ0n) is 25.2. The second-order valence-corrected chi connectivity index (χ2v) is 13.3. The largest absolute Gasteiger partial charge is 0.389 e. The number of imidazole rings is 1. The molecule has 0 saturated carbocycles. The summed E-state index contributed by atoms with van der Waals surface area (Å²) in [6.07, 6.45) is 0.998. The van der Waals surface area contributed by atoms with Crippen molar-refractivity contribution in [2.24, 2.45) is 11.8 Å². The van der Waals surface area contributed by atoms with Gasteiger partial charge in [-0.3, -0.25) is 14.3 Å². The predicted molar refractivity (Wildman–Crippen MR) is 170 cm³/mol. The number of hydrogen-bond donors (Lipinski definition) is 1. The van der Waals surface area contributed by atoms with E-state index in [4.69, 9.17) is 11.6 Å². The number of halogens is 4. The van der Waals surface area contributed by atoms with Crippen LogP contribution in [0.4, 0.5) is 13.2 Å². The standard InChI is InChI=1S/C35H36ClF3N4O2/c1-2-21-5-6-22-7-8-26-27(31(22)32(21)36)10-9-25-23(16-20(17-28(25)26)19-35(37,38)39)18-30(44)42-14-11-24(12-15-42)43-29-4-3-13-40-33(29)41-34(43)45/h3-8,13,20,23-24H,2,9-12,14-19H2,1H3,(H,40,41,45). The van der Waals surface area contributed by atoms with Crippen molar-refractivity contribution in [3.63, 3.8) is 0 Å². The highest BCUT2D eigenvalue weighted by molar-refractivity contribution is 6.36. The third-order valence-electron chi connectivity index (χ3n) is 10.3. The van der Waals surface area contributed by atoms with E-state index in [0.29, 0.717) is 44.4 Å². The van der Waals surface area contributed by atoms with E-state index < -0.39 is 18.5 Å². The van der Waals surface area contributed by atoms with E-state index in [1.165, 1.54) is 0 Å². The first-order valence-electron chi connectivity index (χ1n) is 16.0. The zero-order valence-corrected chi connectivity index (χ0v) is 26.0. The molecule has 10 heteroatoms. The summed E-state index contributed by atoms with van der Waals surface area (Å²) in [5.41, 5.74) is 6.41. The Morgan fingerprint density at radius 1 is 1.11 bits per heavy atom. The molecule has 236 valence electrons. The minimum atomic E-state index is -4.27. The van der Waals surface area contributed by atoms with E-state index in [1.54, 1.807) is 16.8 Å². The molecular weight excluding hydrogens is 601 g/mol. The van der Waals surface area contributed by atoms with Crippen molar-refractivity contribution in [3.05, 3.63) is 80.4 Å². The van der Waals surface area contributed by atoms with Gasteiger partial charge in [0, 0.05) is 43.6 Å². The van der Waals surface area contributed by atoms with Gasteiger partial charge in [-0.05, 0) is 96.6 Å². The van der Waals surface area contributed by atoms with Crippen molar-refractivity contribution >= 4 is 45.0 Å². The number of pyridine rings is 1. The molecule has 1 N–H and O–H groups in total. The summed E-state index contributed by atoms with van der Waals surface area (Å²) < 4.78 is 42.9. The average Bonchev–Trinajstić information content (AvgIpc) is 3.35. The Kier molecular flexibility index (Phi) is 7.79. The first-order chi connectivity index (χ1) is 21.6. The monoisotopic (exact) mass is 636 g/mol. The molecule has 0 spiro atoms. The van der Waals surface area contributed by atoms with E-state index >= 15 is 0 Å². The number of hydrogen-bond acceptors (Lipinski definition) is 3. The Morgan fingerprint density at radius 2 is 1.89 bits per heavy atom. The number of piperidine rings is 1. The van der Waals surface area contributed by atoms with Crippen LogP contribution in [0.25, 0.3) is 27.5 Å². The number of carbonyl (C=O) groups excluding carboxylic acids is 1. The van der Waals surface area contributed by atoms with Gasteiger partial charge in [0.05, 0.1) is 10.5 Å². The van der Waals surface area contributed by atoms with E-state index in [-0.39, 0.29) is 30.0 Å². The molecule has 2 atom stereocenters. The number of likely N-dealkylation sites (tertiary alicyclic amines) is 1. The van der Waals surface area contributed by atoms with Gasteiger partial charge in [-0.2, -0.15) is 13.2 Å². The SMILES string of the molecule is CCc1ccc2ccc3c(c2c1Cl)CCC1=C3CC(CC(F)(F)F)CC1CC(=O)N1CCC(n2c(=O)[nH]c3ncccc32)CC1. The maximum Gasteiger partial charge on any atom is 0.389 e. The fourth-order valence-electron chi connectivity index (χ4n) is 8.22. The number of alkyl halides is 3. The molecule has 1 aliphatic heterocycles. The molecule has 2 aromatic heterocycles. The smallest absolute Gasteiger partial charge is 0.343 e. The van der Waals surface area contributed by atoms with Gasteiger partial charge in [-0.25, -0.2) is 9.78 Å². The average molecular weight is 637 g/mol. The highest BCUT2D eigenvalue weighted by Gasteiger charge is 2.40. The van der Waals surface area contributed by atoms with E-state index in [0.717, 1.165) is 68.4 Å². The van der Waals surface area contributed by atoms with Crippen LogP contribution in [-0.2, 0) is 17.6 Å². The summed E-state index contributed by atoms with van der Waals surface area (Å²) in [6.45, 7) is 3.07. The fourth-order valence-corrected chi connectivity index (χ4v) is 8.64. The Labute approximate surface area is 264 Å². The molecule has 1 amide bonds. The zero-order chi connectivity index (χ0) is 31.5. The van der Waals surface area contributed by atoms with Crippen molar-refractivity contribution in [2.75, 3.05) is 13.1 Å². The van der Waals surface area contributed by atoms with Gasteiger partial charge in [0.2, 0.25) is 5.91 Å². The Bertz CT molecular complexity index is 1880. The molecule has 0 radical (unpaired) electrons. The fraction of sp³-hybridized carbons (Fsp3) is 0.457. The summed E-state index contributed by atoms with van der Waals surface area (Å²) in [5.74, 6) is -0.825. The van der Waals surface area contributed by atoms with Crippen LogP contribution in [0.5, 0.6) is 0 Å². The van der Waals surface area contributed by atoms with Crippen LogP contribution in [0.15, 0.2) is 53.0 Å². The lowest BCUT2D eigenvalue weighted by Gasteiger charge is -2.39. The van der Waals surface area contributed by atoms with E-state index in [1.807, 2.05) is 23.1 Å². The van der Waals surface area contributed by atoms with E-state index in [2.05, 4.69) is 29.0 Å². The Morgan fingerprint density at radius 3 is 2.64 bits per heavy atom. The van der Waals surface area contributed by atoms with Crippen LogP contribution in [0, 0.1) is 11.8 Å². The number of rotatable bonds is 5. The lowest BCUT2D eigenvalue weighted by Crippen LogP contribution is -2.41. The van der Waals surface area contributed by atoms with Crippen molar-refractivity contribution in [3.8, 4) is 0 Å².